The zero-order valence-electron chi connectivity index (χ0n) is 24.7. The molecule has 9 heteroatoms. The fraction of sp³-hybridized carbons (Fsp3) is 0.206. The van der Waals surface area contributed by atoms with Gasteiger partial charge in [-0.3, -0.25) is 9.36 Å². The summed E-state index contributed by atoms with van der Waals surface area (Å²) in [5, 5.41) is 15.3. The molecule has 0 aliphatic carbocycles. The largest absolute Gasteiger partial charge is 0.497 e. The third-order valence-corrected chi connectivity index (χ3v) is 7.15. The average molecular weight is 575 g/mol. The van der Waals surface area contributed by atoms with E-state index in [0.29, 0.717) is 34.9 Å². The minimum atomic E-state index is -0.531. The van der Waals surface area contributed by atoms with Gasteiger partial charge in [-0.05, 0) is 85.5 Å². The van der Waals surface area contributed by atoms with E-state index < -0.39 is 6.03 Å². The van der Waals surface area contributed by atoms with E-state index in [-0.39, 0.29) is 11.2 Å². The molecule has 0 bridgehead atoms. The molecule has 5 rings (SSSR count). The van der Waals surface area contributed by atoms with Crippen molar-refractivity contribution in [2.24, 2.45) is 10.2 Å². The molecule has 2 heterocycles. The van der Waals surface area contributed by atoms with Gasteiger partial charge in [-0.1, -0.05) is 43.7 Å². The maximum atomic E-state index is 14.0. The quantitative estimate of drug-likeness (QED) is 0.172. The van der Waals surface area contributed by atoms with E-state index in [1.807, 2.05) is 92.7 Å². The number of methoxy groups -OCH3 is 1. The topological polar surface area (TPSA) is 110 Å². The Morgan fingerprint density at radius 3 is 2.33 bits per heavy atom. The summed E-state index contributed by atoms with van der Waals surface area (Å²) in [6, 6.07) is 23.8. The first-order valence-corrected chi connectivity index (χ1v) is 14.2. The number of nitrogens with one attached hydrogen (secondary N) is 2. The van der Waals surface area contributed by atoms with Gasteiger partial charge in [0.05, 0.1) is 18.5 Å². The number of azo groups is 1. The first kappa shape index (κ1) is 29.2. The van der Waals surface area contributed by atoms with Gasteiger partial charge < -0.3 is 15.4 Å². The van der Waals surface area contributed by atoms with Gasteiger partial charge in [0.1, 0.15) is 17.1 Å². The maximum absolute atomic E-state index is 14.0. The first-order chi connectivity index (χ1) is 20.9. The summed E-state index contributed by atoms with van der Waals surface area (Å²) in [6.07, 6.45) is 3.37. The number of hydrogen-bond acceptors (Lipinski definition) is 6. The molecule has 0 fully saturated rings. The number of aryl methyl sites for hydroxylation is 3. The van der Waals surface area contributed by atoms with Gasteiger partial charge >= 0.3 is 6.03 Å². The lowest BCUT2D eigenvalue weighted by Crippen LogP contribution is -2.30. The molecule has 0 saturated heterocycles. The molecule has 0 atom stereocenters. The third kappa shape index (κ3) is 6.46. The monoisotopic (exact) mass is 574 g/mol. The lowest BCUT2D eigenvalue weighted by molar-refractivity contribution is 0.262. The van der Waals surface area contributed by atoms with Crippen LogP contribution in [-0.2, 0) is 6.54 Å². The van der Waals surface area contributed by atoms with Crippen molar-refractivity contribution in [3.8, 4) is 16.9 Å². The second-order valence-electron chi connectivity index (χ2n) is 10.2. The number of carbonyl (C=O) groups excluding carboxylic acids is 1. The van der Waals surface area contributed by atoms with E-state index in [4.69, 9.17) is 4.74 Å². The van der Waals surface area contributed by atoms with E-state index in [2.05, 4.69) is 32.8 Å². The summed E-state index contributed by atoms with van der Waals surface area (Å²) in [4.78, 5) is 32.1. The minimum Gasteiger partial charge on any atom is -0.497 e. The van der Waals surface area contributed by atoms with Gasteiger partial charge in [0.15, 0.2) is 0 Å². The molecule has 2 amide bonds. The standard InChI is InChI=1S/C34H34N6O3/c1-5-6-18-40-32-28(16-11-17-35-32)29(24-12-10-15-27(21-24)43-4)31(33(40)41)37-34(42)36-30-22(2)19-26(20-23(30)3)39-38-25-13-8-7-9-14-25/h7-17,19-21H,5-6,18H2,1-4H3,(H2,36,37,42). The number of pyridine rings is 2. The Balaban J connectivity index is 1.53. The van der Waals surface area contributed by atoms with Crippen LogP contribution < -0.4 is 20.9 Å². The van der Waals surface area contributed by atoms with Crippen molar-refractivity contribution in [2.75, 3.05) is 17.7 Å². The predicted molar refractivity (Wildman–Crippen MR) is 172 cm³/mol. The van der Waals surface area contributed by atoms with Crippen LogP contribution in [0.4, 0.5) is 27.5 Å². The minimum absolute atomic E-state index is 0.172. The fourth-order valence-corrected chi connectivity index (χ4v) is 5.06. The van der Waals surface area contributed by atoms with Crippen molar-refractivity contribution in [3.05, 3.63) is 107 Å². The van der Waals surface area contributed by atoms with Gasteiger partial charge in [-0.25, -0.2) is 9.78 Å². The average Bonchev–Trinajstić information content (AvgIpc) is 3.02. The molecule has 2 N–H and O–H groups in total. The number of anilines is 2. The number of hydrogen-bond donors (Lipinski definition) is 2. The van der Waals surface area contributed by atoms with Crippen molar-refractivity contribution in [1.29, 1.82) is 0 Å². The summed E-state index contributed by atoms with van der Waals surface area (Å²) < 4.78 is 7.10. The second kappa shape index (κ2) is 13.1. The van der Waals surface area contributed by atoms with Crippen LogP contribution in [0, 0.1) is 13.8 Å². The highest BCUT2D eigenvalue weighted by Crippen LogP contribution is 2.35. The highest BCUT2D eigenvalue weighted by Gasteiger charge is 2.21. The Labute approximate surface area is 250 Å². The molecule has 0 unspecified atom stereocenters. The van der Waals surface area contributed by atoms with Gasteiger partial charge in [0.2, 0.25) is 0 Å². The number of ether oxygens (including phenoxy) is 1. The molecular weight excluding hydrogens is 540 g/mol. The van der Waals surface area contributed by atoms with Crippen LogP contribution in [0.15, 0.2) is 100 Å². The van der Waals surface area contributed by atoms with Crippen molar-refractivity contribution in [2.45, 2.75) is 40.2 Å². The first-order valence-electron chi connectivity index (χ1n) is 14.2. The normalized spacial score (nSPS) is 11.2. The molecule has 0 saturated carbocycles. The molecule has 0 aliphatic heterocycles. The Bertz CT molecular complexity index is 1840. The number of carbonyl (C=O) groups is 1. The lowest BCUT2D eigenvalue weighted by Gasteiger charge is -2.19. The van der Waals surface area contributed by atoms with Crippen LogP contribution in [0.2, 0.25) is 0 Å². The van der Waals surface area contributed by atoms with Crippen LogP contribution >= 0.6 is 0 Å². The Morgan fingerprint density at radius 2 is 1.60 bits per heavy atom. The summed E-state index contributed by atoms with van der Waals surface area (Å²) in [7, 11) is 1.59. The molecule has 2 aromatic heterocycles. The molecule has 0 radical (unpaired) electrons. The van der Waals surface area contributed by atoms with Crippen LogP contribution in [0.1, 0.15) is 30.9 Å². The number of aromatic nitrogens is 2. The third-order valence-electron chi connectivity index (χ3n) is 7.15. The fourth-order valence-electron chi connectivity index (χ4n) is 5.06. The summed E-state index contributed by atoms with van der Waals surface area (Å²) in [5.41, 5.74) is 5.41. The summed E-state index contributed by atoms with van der Waals surface area (Å²) >= 11 is 0. The number of unbranched alkanes of at least 4 members (excludes halogenated alkanes) is 1. The molecule has 218 valence electrons. The highest BCUT2D eigenvalue weighted by molar-refractivity contribution is 6.07. The van der Waals surface area contributed by atoms with Crippen molar-refractivity contribution >= 4 is 39.8 Å². The van der Waals surface area contributed by atoms with E-state index >= 15 is 0 Å². The van der Waals surface area contributed by atoms with Crippen LogP contribution in [0.25, 0.3) is 22.2 Å². The van der Waals surface area contributed by atoms with Crippen molar-refractivity contribution in [1.82, 2.24) is 9.55 Å². The number of fused-ring (bicyclic) bond motifs is 1. The van der Waals surface area contributed by atoms with Crippen LogP contribution in [-0.4, -0.2) is 22.7 Å². The van der Waals surface area contributed by atoms with Crippen LogP contribution in [0.3, 0.4) is 0 Å². The smallest absolute Gasteiger partial charge is 0.323 e. The van der Waals surface area contributed by atoms with Gasteiger partial charge in [-0.2, -0.15) is 10.2 Å². The molecule has 0 spiro atoms. The Kier molecular flexibility index (Phi) is 8.90. The van der Waals surface area contributed by atoms with E-state index in [1.54, 1.807) is 17.9 Å². The van der Waals surface area contributed by atoms with Gasteiger partial charge in [0, 0.05) is 29.4 Å². The number of nitrogens with zero attached hydrogens (tertiary/aromatic N) is 4. The molecule has 3 aromatic carbocycles. The summed E-state index contributed by atoms with van der Waals surface area (Å²) in [6.45, 7) is 6.34. The van der Waals surface area contributed by atoms with E-state index in [1.165, 1.54) is 0 Å². The number of amides is 2. The Hall–Kier alpha value is -5.31. The molecular formula is C34H34N6O3. The maximum Gasteiger partial charge on any atom is 0.323 e. The van der Waals surface area contributed by atoms with Gasteiger partial charge in [-0.15, -0.1) is 0 Å². The Morgan fingerprint density at radius 1 is 0.884 bits per heavy atom. The molecule has 9 nitrogen and oxygen atoms in total. The highest BCUT2D eigenvalue weighted by atomic mass is 16.5. The lowest BCUT2D eigenvalue weighted by atomic mass is 10.00. The zero-order chi connectivity index (χ0) is 30.3. The van der Waals surface area contributed by atoms with Crippen molar-refractivity contribution in [3.63, 3.8) is 0 Å². The van der Waals surface area contributed by atoms with Gasteiger partial charge in [0.25, 0.3) is 5.56 Å². The van der Waals surface area contributed by atoms with E-state index in [0.717, 1.165) is 40.6 Å². The summed E-state index contributed by atoms with van der Waals surface area (Å²) in [5.74, 6) is 0.635. The number of benzene rings is 3. The van der Waals surface area contributed by atoms with Crippen molar-refractivity contribution < 1.29 is 9.53 Å². The molecule has 0 aliphatic rings. The van der Waals surface area contributed by atoms with E-state index in [9.17, 15) is 9.59 Å². The second-order valence-corrected chi connectivity index (χ2v) is 10.2. The molecule has 43 heavy (non-hydrogen) atoms. The SMILES string of the molecule is CCCCn1c(=O)c(NC(=O)Nc2c(C)cc(N=Nc3ccccc3)cc2C)c(-c2cccc(OC)c2)c2cccnc21. The molecule has 5 aromatic rings. The number of urea groups is 1. The van der Waals surface area contributed by atoms with Crippen LogP contribution in [0.5, 0.6) is 5.75 Å². The predicted octanol–water partition coefficient (Wildman–Crippen LogP) is 8.55. The zero-order valence-corrected chi connectivity index (χ0v) is 24.7. The number of rotatable bonds is 9.